The number of carbonyl (C=O) groups is 1. The van der Waals surface area contributed by atoms with Crippen molar-refractivity contribution in [2.75, 3.05) is 5.32 Å². The predicted molar refractivity (Wildman–Crippen MR) is 91.0 cm³/mol. The summed E-state index contributed by atoms with van der Waals surface area (Å²) < 4.78 is 29.1. The van der Waals surface area contributed by atoms with Crippen LogP contribution in [0.25, 0.3) is 10.2 Å². The van der Waals surface area contributed by atoms with Crippen molar-refractivity contribution in [2.24, 2.45) is 0 Å². The molecule has 0 aliphatic carbocycles. The molecule has 0 radical (unpaired) electrons. The molecule has 0 bridgehead atoms. The van der Waals surface area contributed by atoms with Crippen LogP contribution in [0.3, 0.4) is 0 Å². The summed E-state index contributed by atoms with van der Waals surface area (Å²) in [4.78, 5) is 36.9. The number of halogens is 2. The summed E-state index contributed by atoms with van der Waals surface area (Å²) in [6, 6.07) is 4.34. The molecule has 0 spiro atoms. The standard InChI is InChI=1S/C16H13F2N3O3S/c1-2-20-15(23)14-12(5-6-25-14)21(16(20)24)8-13(22)19-11-4-3-9(17)7-10(11)18/h3-7H,2,8H2,1H3,(H,19,22). The molecule has 3 rings (SSSR count). The molecule has 1 N–H and O–H groups in total. The minimum absolute atomic E-state index is 0.166. The van der Waals surface area contributed by atoms with Crippen molar-refractivity contribution in [1.29, 1.82) is 0 Å². The number of nitrogens with zero attached hydrogens (tertiary/aromatic N) is 2. The molecule has 0 saturated heterocycles. The zero-order valence-electron chi connectivity index (χ0n) is 13.1. The first-order valence-electron chi connectivity index (χ1n) is 7.38. The van der Waals surface area contributed by atoms with Gasteiger partial charge in [-0.05, 0) is 30.5 Å². The second-order valence-electron chi connectivity index (χ2n) is 5.23. The number of benzene rings is 1. The van der Waals surface area contributed by atoms with E-state index in [-0.39, 0.29) is 12.2 Å². The molecule has 25 heavy (non-hydrogen) atoms. The Labute approximate surface area is 143 Å². The van der Waals surface area contributed by atoms with Gasteiger partial charge in [-0.2, -0.15) is 0 Å². The van der Waals surface area contributed by atoms with Gasteiger partial charge in [-0.25, -0.2) is 13.6 Å². The molecule has 1 amide bonds. The predicted octanol–water partition coefficient (Wildman–Crippen LogP) is 2.16. The van der Waals surface area contributed by atoms with E-state index in [9.17, 15) is 23.2 Å². The number of thiophene rings is 1. The molecule has 0 unspecified atom stereocenters. The zero-order chi connectivity index (χ0) is 18.1. The fourth-order valence-electron chi connectivity index (χ4n) is 2.49. The summed E-state index contributed by atoms with van der Waals surface area (Å²) in [7, 11) is 0. The maximum Gasteiger partial charge on any atom is 0.331 e. The van der Waals surface area contributed by atoms with E-state index in [0.717, 1.165) is 21.3 Å². The minimum Gasteiger partial charge on any atom is -0.322 e. The van der Waals surface area contributed by atoms with E-state index in [0.29, 0.717) is 16.3 Å². The Morgan fingerprint density at radius 3 is 2.64 bits per heavy atom. The monoisotopic (exact) mass is 365 g/mol. The summed E-state index contributed by atoms with van der Waals surface area (Å²) in [6.07, 6.45) is 0. The normalized spacial score (nSPS) is 11.0. The Hall–Kier alpha value is -2.81. The van der Waals surface area contributed by atoms with Crippen LogP contribution in [0.5, 0.6) is 0 Å². The largest absolute Gasteiger partial charge is 0.331 e. The molecule has 6 nitrogen and oxygen atoms in total. The molecule has 0 atom stereocenters. The van der Waals surface area contributed by atoms with Gasteiger partial charge in [-0.1, -0.05) is 0 Å². The third kappa shape index (κ3) is 3.10. The minimum atomic E-state index is -0.917. The number of hydrogen-bond acceptors (Lipinski definition) is 4. The molecule has 2 heterocycles. The first kappa shape index (κ1) is 17.0. The molecular formula is C16H13F2N3O3S. The van der Waals surface area contributed by atoms with Gasteiger partial charge in [0.2, 0.25) is 5.91 Å². The topological polar surface area (TPSA) is 73.1 Å². The van der Waals surface area contributed by atoms with Crippen LogP contribution in [0.4, 0.5) is 14.5 Å². The average molecular weight is 365 g/mol. The van der Waals surface area contributed by atoms with Crippen LogP contribution in [0, 0.1) is 11.6 Å². The van der Waals surface area contributed by atoms with Crippen molar-refractivity contribution in [1.82, 2.24) is 9.13 Å². The van der Waals surface area contributed by atoms with E-state index >= 15 is 0 Å². The molecule has 0 aliphatic rings. The number of hydrogen-bond donors (Lipinski definition) is 1. The van der Waals surface area contributed by atoms with Crippen LogP contribution in [-0.4, -0.2) is 15.0 Å². The lowest BCUT2D eigenvalue weighted by molar-refractivity contribution is -0.116. The maximum absolute atomic E-state index is 13.6. The average Bonchev–Trinajstić information content (AvgIpc) is 3.04. The van der Waals surface area contributed by atoms with Crippen molar-refractivity contribution in [3.63, 3.8) is 0 Å². The maximum atomic E-state index is 13.6. The van der Waals surface area contributed by atoms with Crippen molar-refractivity contribution in [2.45, 2.75) is 20.0 Å². The molecule has 9 heteroatoms. The lowest BCUT2D eigenvalue weighted by Crippen LogP contribution is -2.40. The highest BCUT2D eigenvalue weighted by Crippen LogP contribution is 2.17. The highest BCUT2D eigenvalue weighted by Gasteiger charge is 2.16. The Morgan fingerprint density at radius 2 is 1.96 bits per heavy atom. The molecule has 0 aliphatic heterocycles. The highest BCUT2D eigenvalue weighted by atomic mass is 32.1. The third-order valence-electron chi connectivity index (χ3n) is 3.66. The summed E-state index contributed by atoms with van der Waals surface area (Å²) in [6.45, 7) is 1.42. The number of amides is 1. The van der Waals surface area contributed by atoms with Gasteiger partial charge in [-0.3, -0.25) is 18.7 Å². The van der Waals surface area contributed by atoms with Gasteiger partial charge in [0.1, 0.15) is 22.9 Å². The van der Waals surface area contributed by atoms with Crippen LogP contribution in [0.2, 0.25) is 0 Å². The van der Waals surface area contributed by atoms with Crippen LogP contribution in [-0.2, 0) is 17.9 Å². The lowest BCUT2D eigenvalue weighted by Gasteiger charge is -2.11. The van der Waals surface area contributed by atoms with Crippen molar-refractivity contribution in [3.05, 3.63) is 62.1 Å². The van der Waals surface area contributed by atoms with Gasteiger partial charge >= 0.3 is 5.69 Å². The molecule has 2 aromatic heterocycles. The Bertz CT molecular complexity index is 1080. The van der Waals surface area contributed by atoms with Crippen LogP contribution < -0.4 is 16.6 Å². The van der Waals surface area contributed by atoms with E-state index in [4.69, 9.17) is 0 Å². The van der Waals surface area contributed by atoms with Crippen molar-refractivity contribution in [3.8, 4) is 0 Å². The van der Waals surface area contributed by atoms with Gasteiger partial charge in [0.25, 0.3) is 5.56 Å². The first-order chi connectivity index (χ1) is 11.9. The van der Waals surface area contributed by atoms with Crippen LogP contribution in [0.15, 0.2) is 39.2 Å². The summed E-state index contributed by atoms with van der Waals surface area (Å²) in [5.41, 5.74) is -0.865. The smallest absolute Gasteiger partial charge is 0.322 e. The number of carbonyl (C=O) groups excluding carboxylic acids is 1. The fourth-order valence-corrected chi connectivity index (χ4v) is 3.33. The van der Waals surface area contributed by atoms with Crippen molar-refractivity contribution >= 4 is 33.1 Å². The quantitative estimate of drug-likeness (QED) is 0.770. The highest BCUT2D eigenvalue weighted by molar-refractivity contribution is 7.17. The molecule has 130 valence electrons. The van der Waals surface area contributed by atoms with E-state index in [1.807, 2.05) is 0 Å². The Morgan fingerprint density at radius 1 is 1.20 bits per heavy atom. The number of fused-ring (bicyclic) bond motifs is 1. The molecule has 0 fully saturated rings. The molecular weight excluding hydrogens is 352 g/mol. The second kappa shape index (κ2) is 6.60. The number of rotatable bonds is 4. The molecule has 3 aromatic rings. The zero-order valence-corrected chi connectivity index (χ0v) is 13.9. The van der Waals surface area contributed by atoms with E-state index in [1.165, 1.54) is 11.3 Å². The van der Waals surface area contributed by atoms with E-state index in [1.54, 1.807) is 18.4 Å². The van der Waals surface area contributed by atoms with Gasteiger partial charge < -0.3 is 5.32 Å². The summed E-state index contributed by atoms with van der Waals surface area (Å²) in [5.74, 6) is -2.34. The third-order valence-corrected chi connectivity index (χ3v) is 4.55. The fraction of sp³-hybridized carbons (Fsp3) is 0.188. The summed E-state index contributed by atoms with van der Waals surface area (Å²) >= 11 is 1.18. The first-order valence-corrected chi connectivity index (χ1v) is 8.26. The van der Waals surface area contributed by atoms with Crippen LogP contribution in [0.1, 0.15) is 6.92 Å². The van der Waals surface area contributed by atoms with Gasteiger partial charge in [-0.15, -0.1) is 11.3 Å². The second-order valence-corrected chi connectivity index (χ2v) is 6.14. The number of nitrogens with one attached hydrogen (secondary N) is 1. The van der Waals surface area contributed by atoms with Crippen LogP contribution >= 0.6 is 11.3 Å². The van der Waals surface area contributed by atoms with Gasteiger partial charge in [0.05, 0.1) is 11.2 Å². The van der Waals surface area contributed by atoms with Gasteiger partial charge in [0.15, 0.2) is 0 Å². The van der Waals surface area contributed by atoms with Crippen molar-refractivity contribution < 1.29 is 13.6 Å². The lowest BCUT2D eigenvalue weighted by atomic mass is 10.3. The van der Waals surface area contributed by atoms with E-state index in [2.05, 4.69) is 5.32 Å². The number of aromatic nitrogens is 2. The summed E-state index contributed by atoms with van der Waals surface area (Å²) in [5, 5.41) is 3.95. The number of anilines is 1. The molecule has 0 saturated carbocycles. The van der Waals surface area contributed by atoms with Gasteiger partial charge in [0, 0.05) is 12.6 Å². The Balaban J connectivity index is 1.97. The van der Waals surface area contributed by atoms with E-state index < -0.39 is 35.3 Å². The molecule has 1 aromatic carbocycles. The Kier molecular flexibility index (Phi) is 4.49. The SMILES string of the molecule is CCn1c(=O)c2sccc2n(CC(=O)Nc2ccc(F)cc2F)c1=O.